The van der Waals surface area contributed by atoms with Crippen molar-refractivity contribution in [2.45, 2.75) is 25.8 Å². The molecule has 0 aliphatic carbocycles. The first-order valence-corrected chi connectivity index (χ1v) is 9.67. The highest BCUT2D eigenvalue weighted by Gasteiger charge is 2.23. The summed E-state index contributed by atoms with van der Waals surface area (Å²) in [5, 5.41) is 11.0. The number of rotatable bonds is 5. The van der Waals surface area contributed by atoms with Gasteiger partial charge >= 0.3 is 0 Å². The molecule has 0 bridgehead atoms. The first-order valence-electron chi connectivity index (χ1n) is 9.67. The fourth-order valence-electron chi connectivity index (χ4n) is 3.50. The predicted octanol–water partition coefficient (Wildman–Crippen LogP) is 1.96. The largest absolute Gasteiger partial charge is 0.495 e. The topological polar surface area (TPSA) is 106 Å². The number of carbonyl (C=O) groups excluding carboxylic acids is 2. The molecule has 1 aliphatic rings. The lowest BCUT2D eigenvalue weighted by molar-refractivity contribution is -0.119. The van der Waals surface area contributed by atoms with Crippen molar-refractivity contribution in [3.63, 3.8) is 0 Å². The maximum Gasteiger partial charge on any atom is 0.278 e. The van der Waals surface area contributed by atoms with Gasteiger partial charge in [-0.05, 0) is 43.2 Å². The molecule has 1 saturated heterocycles. The molecule has 2 aromatic carbocycles. The quantitative estimate of drug-likeness (QED) is 0.693. The van der Waals surface area contributed by atoms with E-state index < -0.39 is 5.91 Å². The summed E-state index contributed by atoms with van der Waals surface area (Å²) in [5.41, 5.74) is 1.20. The van der Waals surface area contributed by atoms with Crippen LogP contribution in [-0.2, 0) is 16.1 Å². The highest BCUT2D eigenvalue weighted by atomic mass is 16.5. The van der Waals surface area contributed by atoms with E-state index in [4.69, 9.17) is 4.74 Å². The Morgan fingerprint density at radius 3 is 2.80 bits per heavy atom. The number of benzene rings is 2. The second kappa shape index (κ2) is 8.32. The third kappa shape index (κ3) is 3.86. The number of hydrogen-bond donors (Lipinski definition) is 1. The van der Waals surface area contributed by atoms with Gasteiger partial charge in [0.15, 0.2) is 0 Å². The van der Waals surface area contributed by atoms with E-state index in [1.165, 1.54) is 7.11 Å². The molecule has 0 saturated carbocycles. The van der Waals surface area contributed by atoms with E-state index in [0.717, 1.165) is 17.5 Å². The number of aromatic nitrogens is 3. The van der Waals surface area contributed by atoms with Gasteiger partial charge < -0.3 is 15.0 Å². The molecule has 9 nitrogen and oxygen atoms in total. The number of nitrogens with zero attached hydrogens (tertiary/aromatic N) is 4. The van der Waals surface area contributed by atoms with Gasteiger partial charge in [-0.2, -0.15) is 0 Å². The van der Waals surface area contributed by atoms with Crippen LogP contribution in [0.5, 0.6) is 5.75 Å². The fourth-order valence-corrected chi connectivity index (χ4v) is 3.50. The van der Waals surface area contributed by atoms with Crippen LogP contribution in [0.3, 0.4) is 0 Å². The van der Waals surface area contributed by atoms with Crippen LogP contribution in [-0.4, -0.2) is 40.5 Å². The van der Waals surface area contributed by atoms with Crippen molar-refractivity contribution < 1.29 is 14.3 Å². The van der Waals surface area contributed by atoms with E-state index in [0.29, 0.717) is 41.0 Å². The molecule has 3 aromatic rings. The second-order valence-corrected chi connectivity index (χ2v) is 7.01. The Morgan fingerprint density at radius 1 is 1.17 bits per heavy atom. The number of piperidine rings is 1. The summed E-state index contributed by atoms with van der Waals surface area (Å²) >= 11 is 0. The minimum absolute atomic E-state index is 0.0287. The van der Waals surface area contributed by atoms with E-state index in [2.05, 4.69) is 15.6 Å². The van der Waals surface area contributed by atoms with Gasteiger partial charge in [0, 0.05) is 18.7 Å². The highest BCUT2D eigenvalue weighted by Crippen LogP contribution is 2.33. The Bertz CT molecular complexity index is 1170. The summed E-state index contributed by atoms with van der Waals surface area (Å²) in [4.78, 5) is 39.0. The average molecular weight is 407 g/mol. The van der Waals surface area contributed by atoms with Crippen molar-refractivity contribution in [2.24, 2.45) is 0 Å². The van der Waals surface area contributed by atoms with E-state index in [1.54, 1.807) is 47.4 Å². The van der Waals surface area contributed by atoms with Gasteiger partial charge in [0.05, 0.1) is 18.2 Å². The number of amides is 2. The predicted molar refractivity (Wildman–Crippen MR) is 112 cm³/mol. The van der Waals surface area contributed by atoms with Crippen LogP contribution in [0.25, 0.3) is 10.9 Å². The molecule has 2 amide bonds. The lowest BCUT2D eigenvalue weighted by Crippen LogP contribution is -2.35. The molecule has 0 atom stereocenters. The first kappa shape index (κ1) is 19.6. The third-order valence-corrected chi connectivity index (χ3v) is 5.00. The molecule has 1 aromatic heterocycles. The van der Waals surface area contributed by atoms with Gasteiger partial charge in [0.2, 0.25) is 11.8 Å². The van der Waals surface area contributed by atoms with Gasteiger partial charge in [-0.1, -0.05) is 17.3 Å². The van der Waals surface area contributed by atoms with Gasteiger partial charge in [0.1, 0.15) is 17.8 Å². The maximum absolute atomic E-state index is 12.5. The zero-order chi connectivity index (χ0) is 21.1. The van der Waals surface area contributed by atoms with Gasteiger partial charge in [-0.25, -0.2) is 4.68 Å². The molecular weight excluding hydrogens is 386 g/mol. The van der Waals surface area contributed by atoms with Crippen LogP contribution in [0.4, 0.5) is 11.4 Å². The monoisotopic (exact) mass is 407 g/mol. The Hall–Kier alpha value is -3.75. The van der Waals surface area contributed by atoms with Crippen molar-refractivity contribution in [2.75, 3.05) is 23.9 Å². The van der Waals surface area contributed by atoms with E-state index in [1.807, 2.05) is 0 Å². The van der Waals surface area contributed by atoms with Crippen LogP contribution in [0, 0.1) is 0 Å². The number of carbonyl (C=O) groups is 2. The first-order chi connectivity index (χ1) is 14.6. The van der Waals surface area contributed by atoms with Crippen LogP contribution in [0.15, 0.2) is 47.3 Å². The number of anilines is 2. The Morgan fingerprint density at radius 2 is 2.00 bits per heavy atom. The van der Waals surface area contributed by atoms with Gasteiger partial charge in [-0.15, -0.1) is 5.10 Å². The maximum atomic E-state index is 12.5. The molecule has 1 N–H and O–H groups in total. The number of ether oxygens (including phenoxy) is 1. The summed E-state index contributed by atoms with van der Waals surface area (Å²) in [6.07, 6.45) is 2.27. The molecule has 1 fully saturated rings. The highest BCUT2D eigenvalue weighted by molar-refractivity contribution is 5.97. The van der Waals surface area contributed by atoms with E-state index in [9.17, 15) is 14.4 Å². The molecule has 4 rings (SSSR count). The van der Waals surface area contributed by atoms with Crippen LogP contribution >= 0.6 is 0 Å². The molecule has 1 aliphatic heterocycles. The van der Waals surface area contributed by atoms with Crippen molar-refractivity contribution in [3.8, 4) is 5.75 Å². The molecule has 30 heavy (non-hydrogen) atoms. The Labute approximate surface area is 172 Å². The number of fused-ring (bicyclic) bond motifs is 1. The normalized spacial score (nSPS) is 14.0. The zero-order valence-corrected chi connectivity index (χ0v) is 16.5. The third-order valence-electron chi connectivity index (χ3n) is 5.00. The van der Waals surface area contributed by atoms with Crippen molar-refractivity contribution in [1.82, 2.24) is 15.0 Å². The molecule has 0 radical (unpaired) electrons. The molecule has 0 unspecified atom stereocenters. The molecule has 9 heteroatoms. The average Bonchev–Trinajstić information content (AvgIpc) is 2.76. The fraction of sp³-hybridized carbons (Fsp3) is 0.286. The second-order valence-electron chi connectivity index (χ2n) is 7.01. The van der Waals surface area contributed by atoms with Crippen LogP contribution in [0.1, 0.15) is 19.3 Å². The minimum Gasteiger partial charge on any atom is -0.495 e. The van der Waals surface area contributed by atoms with Crippen LogP contribution in [0.2, 0.25) is 0 Å². The summed E-state index contributed by atoms with van der Waals surface area (Å²) in [5.74, 6) is 0.156. The summed E-state index contributed by atoms with van der Waals surface area (Å²) in [6.45, 7) is 0.329. The molecule has 0 spiro atoms. The zero-order valence-electron chi connectivity index (χ0n) is 16.5. The smallest absolute Gasteiger partial charge is 0.278 e. The van der Waals surface area contributed by atoms with Crippen molar-refractivity contribution >= 4 is 34.1 Å². The molecule has 154 valence electrons. The number of methoxy groups -OCH3 is 1. The Balaban J connectivity index is 1.55. The van der Waals surface area contributed by atoms with E-state index >= 15 is 0 Å². The number of nitrogens with one attached hydrogen (secondary N) is 1. The number of hydrogen-bond acceptors (Lipinski definition) is 6. The lowest BCUT2D eigenvalue weighted by atomic mass is 10.1. The van der Waals surface area contributed by atoms with Crippen molar-refractivity contribution in [1.29, 1.82) is 0 Å². The van der Waals surface area contributed by atoms with E-state index in [-0.39, 0.29) is 18.0 Å². The molecular formula is C21H21N5O4. The standard InChI is InChI=1S/C21H21N5O4/c1-30-18-10-9-14(12-17(18)25-11-5-4-8-20(25)28)22-19(27)13-26-21(29)15-6-2-3-7-16(15)23-24-26/h2-3,6-7,9-10,12H,4-5,8,11,13H2,1H3,(H,22,27). The van der Waals surface area contributed by atoms with Crippen LogP contribution < -0.4 is 20.5 Å². The van der Waals surface area contributed by atoms with Gasteiger partial charge in [-0.3, -0.25) is 14.4 Å². The lowest BCUT2D eigenvalue weighted by Gasteiger charge is -2.28. The van der Waals surface area contributed by atoms with Gasteiger partial charge in [0.25, 0.3) is 5.56 Å². The Kier molecular flexibility index (Phi) is 5.42. The SMILES string of the molecule is COc1ccc(NC(=O)Cn2nnc3ccccc3c2=O)cc1N1CCCCC1=O. The molecule has 2 heterocycles. The minimum atomic E-state index is -0.428. The summed E-state index contributed by atoms with van der Waals surface area (Å²) in [7, 11) is 1.54. The summed E-state index contributed by atoms with van der Waals surface area (Å²) in [6, 6.07) is 11.9. The summed E-state index contributed by atoms with van der Waals surface area (Å²) < 4.78 is 6.41. The van der Waals surface area contributed by atoms with Crippen molar-refractivity contribution in [3.05, 3.63) is 52.8 Å².